The Morgan fingerprint density at radius 3 is 2.81 bits per heavy atom. The summed E-state index contributed by atoms with van der Waals surface area (Å²) in [6.07, 6.45) is 2.37. The number of aromatic nitrogens is 1. The first-order valence-corrected chi connectivity index (χ1v) is 9.35. The summed E-state index contributed by atoms with van der Waals surface area (Å²) >= 11 is 0. The van der Waals surface area contributed by atoms with Crippen LogP contribution in [0.1, 0.15) is 41.8 Å². The van der Waals surface area contributed by atoms with Gasteiger partial charge < -0.3 is 20.0 Å². The van der Waals surface area contributed by atoms with Gasteiger partial charge in [0, 0.05) is 25.8 Å². The molecule has 0 unspecified atom stereocenters. The van der Waals surface area contributed by atoms with Crippen LogP contribution in [-0.4, -0.2) is 31.1 Å². The summed E-state index contributed by atoms with van der Waals surface area (Å²) in [5.74, 6) is 2.32. The second kappa shape index (κ2) is 9.96. The molecular weight excluding hydrogens is 453 g/mol. The molecule has 27 heavy (non-hydrogen) atoms. The van der Waals surface area contributed by atoms with Crippen LogP contribution in [0.5, 0.6) is 0 Å². The number of guanidine groups is 1. The van der Waals surface area contributed by atoms with Gasteiger partial charge in [0.25, 0.3) is 0 Å². The summed E-state index contributed by atoms with van der Waals surface area (Å²) in [5.41, 5.74) is 4.95. The predicted molar refractivity (Wildman–Crippen MR) is 121 cm³/mol. The lowest BCUT2D eigenvalue weighted by Gasteiger charge is -2.27. The van der Waals surface area contributed by atoms with Gasteiger partial charge in [0.15, 0.2) is 5.96 Å². The van der Waals surface area contributed by atoms with Crippen molar-refractivity contribution in [3.05, 3.63) is 46.7 Å². The number of anilines is 1. The van der Waals surface area contributed by atoms with Gasteiger partial charge in [-0.2, -0.15) is 0 Å². The molecule has 1 aliphatic heterocycles. The Morgan fingerprint density at radius 2 is 2.11 bits per heavy atom. The van der Waals surface area contributed by atoms with Gasteiger partial charge in [0.1, 0.15) is 5.76 Å². The number of hydrogen-bond acceptors (Lipinski definition) is 4. The predicted octanol–water partition coefficient (Wildman–Crippen LogP) is 3.55. The number of nitrogens with zero attached hydrogens (tertiary/aromatic N) is 3. The highest BCUT2D eigenvalue weighted by atomic mass is 127. The fraction of sp³-hybridized carbons (Fsp3) is 0.500. The van der Waals surface area contributed by atoms with Gasteiger partial charge in [0.05, 0.1) is 18.8 Å². The maximum atomic E-state index is 5.62. The van der Waals surface area contributed by atoms with Gasteiger partial charge in [-0.15, -0.1) is 24.0 Å². The van der Waals surface area contributed by atoms with Gasteiger partial charge in [-0.3, -0.25) is 0 Å². The Kier molecular flexibility index (Phi) is 7.94. The minimum atomic E-state index is 0. The van der Waals surface area contributed by atoms with E-state index in [9.17, 15) is 0 Å². The topological polar surface area (TPSA) is 65.7 Å². The number of hydrogen-bond donors (Lipinski definition) is 2. The van der Waals surface area contributed by atoms with Crippen molar-refractivity contribution in [2.24, 2.45) is 4.99 Å². The molecule has 0 radical (unpaired) electrons. The second-order valence-electron chi connectivity index (χ2n) is 6.79. The highest BCUT2D eigenvalue weighted by Crippen LogP contribution is 2.26. The van der Waals surface area contributed by atoms with Crippen molar-refractivity contribution in [3.63, 3.8) is 0 Å². The summed E-state index contributed by atoms with van der Waals surface area (Å²) in [5, 5.41) is 6.57. The molecule has 0 saturated carbocycles. The number of benzene rings is 1. The second-order valence-corrected chi connectivity index (χ2v) is 6.79. The Balaban J connectivity index is 0.00000261. The molecular formula is C20H30IN5O. The number of halogens is 1. The van der Waals surface area contributed by atoms with Crippen molar-refractivity contribution in [3.8, 4) is 0 Å². The standard InChI is InChI=1S/C20H29N5O.HI/c1-5-21-20(23-13-19-24-14(2)15(3)26-19)22-12-16-8-9-18-17(11-16)7-6-10-25(18)4;/h8-9,11H,5-7,10,12-13H2,1-4H3,(H2,21,22,23);1H. The fourth-order valence-electron chi connectivity index (χ4n) is 3.22. The van der Waals surface area contributed by atoms with E-state index in [2.05, 4.69) is 52.7 Å². The summed E-state index contributed by atoms with van der Waals surface area (Å²) < 4.78 is 5.62. The molecule has 3 rings (SSSR count). The third-order valence-electron chi connectivity index (χ3n) is 4.74. The van der Waals surface area contributed by atoms with Crippen LogP contribution in [0.25, 0.3) is 0 Å². The number of fused-ring (bicyclic) bond motifs is 1. The minimum absolute atomic E-state index is 0. The van der Waals surface area contributed by atoms with Crippen molar-refractivity contribution in [2.75, 3.05) is 25.0 Å². The van der Waals surface area contributed by atoms with Crippen molar-refractivity contribution in [1.29, 1.82) is 0 Å². The monoisotopic (exact) mass is 483 g/mol. The molecule has 2 aromatic rings. The molecule has 148 valence electrons. The molecule has 2 heterocycles. The van der Waals surface area contributed by atoms with Gasteiger partial charge in [0.2, 0.25) is 5.89 Å². The van der Waals surface area contributed by atoms with Crippen molar-refractivity contribution >= 4 is 35.6 Å². The molecule has 0 aliphatic carbocycles. The third-order valence-corrected chi connectivity index (χ3v) is 4.74. The largest absolute Gasteiger partial charge is 0.444 e. The van der Waals surface area contributed by atoms with E-state index in [1.54, 1.807) is 0 Å². The van der Waals surface area contributed by atoms with Gasteiger partial charge in [-0.25, -0.2) is 9.98 Å². The van der Waals surface area contributed by atoms with Crippen LogP contribution in [0.15, 0.2) is 27.6 Å². The lowest BCUT2D eigenvalue weighted by molar-refractivity contribution is 0.463. The van der Waals surface area contributed by atoms with E-state index < -0.39 is 0 Å². The molecule has 0 spiro atoms. The lowest BCUT2D eigenvalue weighted by Crippen LogP contribution is -2.36. The molecule has 1 aromatic carbocycles. The van der Waals surface area contributed by atoms with Crippen LogP contribution in [0.4, 0.5) is 5.69 Å². The molecule has 0 atom stereocenters. The van der Waals surface area contributed by atoms with E-state index >= 15 is 0 Å². The average molecular weight is 483 g/mol. The Labute approximate surface area is 178 Å². The summed E-state index contributed by atoms with van der Waals surface area (Å²) in [4.78, 5) is 11.4. The van der Waals surface area contributed by atoms with E-state index in [1.807, 2.05) is 13.8 Å². The minimum Gasteiger partial charge on any atom is -0.444 e. The zero-order valence-corrected chi connectivity index (χ0v) is 19.0. The highest BCUT2D eigenvalue weighted by Gasteiger charge is 2.13. The van der Waals surface area contributed by atoms with Crippen LogP contribution in [0, 0.1) is 13.8 Å². The van der Waals surface area contributed by atoms with Crippen LogP contribution >= 0.6 is 24.0 Å². The van der Waals surface area contributed by atoms with Crippen molar-refractivity contribution in [1.82, 2.24) is 15.6 Å². The molecule has 0 fully saturated rings. The average Bonchev–Trinajstić information content (AvgIpc) is 2.95. The molecule has 2 N–H and O–H groups in total. The van der Waals surface area contributed by atoms with Gasteiger partial charge in [-0.1, -0.05) is 12.1 Å². The number of nitrogens with one attached hydrogen (secondary N) is 2. The number of aryl methyl sites for hydroxylation is 3. The van der Waals surface area contributed by atoms with E-state index in [1.165, 1.54) is 23.2 Å². The Morgan fingerprint density at radius 1 is 1.30 bits per heavy atom. The number of oxazole rings is 1. The Bertz CT molecular complexity index is 767. The van der Waals surface area contributed by atoms with Gasteiger partial charge >= 0.3 is 0 Å². The zero-order valence-electron chi connectivity index (χ0n) is 16.6. The summed E-state index contributed by atoms with van der Waals surface area (Å²) in [7, 11) is 2.16. The number of rotatable bonds is 5. The first-order valence-electron chi connectivity index (χ1n) is 9.35. The Hall–Kier alpha value is -1.77. The maximum Gasteiger partial charge on any atom is 0.214 e. The van der Waals surface area contributed by atoms with E-state index in [0.717, 1.165) is 36.9 Å². The summed E-state index contributed by atoms with van der Waals surface area (Å²) in [6, 6.07) is 6.69. The molecule has 7 heteroatoms. The first-order chi connectivity index (χ1) is 12.6. The van der Waals surface area contributed by atoms with E-state index in [0.29, 0.717) is 19.0 Å². The molecule has 0 saturated heterocycles. The first kappa shape index (κ1) is 21.5. The molecule has 0 bridgehead atoms. The van der Waals surface area contributed by atoms with Crippen LogP contribution in [0.2, 0.25) is 0 Å². The van der Waals surface area contributed by atoms with Crippen molar-refractivity contribution in [2.45, 2.75) is 46.7 Å². The fourth-order valence-corrected chi connectivity index (χ4v) is 3.22. The molecule has 6 nitrogen and oxygen atoms in total. The molecule has 1 aromatic heterocycles. The number of aliphatic imine (C=N–C) groups is 1. The van der Waals surface area contributed by atoms with E-state index in [-0.39, 0.29) is 24.0 Å². The maximum absolute atomic E-state index is 5.62. The van der Waals surface area contributed by atoms with Crippen LogP contribution in [-0.2, 0) is 19.5 Å². The van der Waals surface area contributed by atoms with E-state index in [4.69, 9.17) is 9.41 Å². The van der Waals surface area contributed by atoms with Crippen molar-refractivity contribution < 1.29 is 4.42 Å². The normalized spacial score (nSPS) is 13.8. The molecule has 1 aliphatic rings. The van der Waals surface area contributed by atoms with Gasteiger partial charge in [-0.05, 0) is 50.8 Å². The zero-order chi connectivity index (χ0) is 18.5. The molecule has 0 amide bonds. The summed E-state index contributed by atoms with van der Waals surface area (Å²) in [6.45, 7) is 9.06. The third kappa shape index (κ3) is 5.60. The SMILES string of the molecule is CCNC(=NCc1ccc2c(c1)CCCN2C)NCc1nc(C)c(C)o1.I. The quantitative estimate of drug-likeness (QED) is 0.387. The van der Waals surface area contributed by atoms with Crippen LogP contribution < -0.4 is 15.5 Å². The smallest absolute Gasteiger partial charge is 0.214 e. The lowest BCUT2D eigenvalue weighted by atomic mass is 10.00. The van der Waals surface area contributed by atoms with Crippen LogP contribution in [0.3, 0.4) is 0 Å². The highest BCUT2D eigenvalue weighted by molar-refractivity contribution is 14.0.